The van der Waals surface area contributed by atoms with E-state index < -0.39 is 17.9 Å². The van der Waals surface area contributed by atoms with E-state index in [-0.39, 0.29) is 5.56 Å². The number of rotatable bonds is 5. The average molecular weight is 369 g/mol. The third kappa shape index (κ3) is 4.89. The van der Waals surface area contributed by atoms with E-state index >= 15 is 0 Å². The molecule has 2 aliphatic rings. The summed E-state index contributed by atoms with van der Waals surface area (Å²) in [6, 6.07) is 4.09. The summed E-state index contributed by atoms with van der Waals surface area (Å²) in [5, 5.41) is 0. The third-order valence-corrected chi connectivity index (χ3v) is 7.22. The summed E-state index contributed by atoms with van der Waals surface area (Å²) in [7, 11) is 1.34. The lowest BCUT2D eigenvalue weighted by molar-refractivity contribution is -0.206. The number of benzene rings is 1. The molecule has 1 heterocycles. The minimum absolute atomic E-state index is 0.0394. The molecule has 0 amide bonds. The van der Waals surface area contributed by atoms with Crippen molar-refractivity contribution in [3.05, 3.63) is 34.9 Å². The molecular weight excluding hydrogens is 338 g/mol. The highest BCUT2D eigenvalue weighted by atomic mass is 28.1. The van der Waals surface area contributed by atoms with Crippen molar-refractivity contribution in [3.8, 4) is 0 Å². The van der Waals surface area contributed by atoms with E-state index in [0.29, 0.717) is 24.7 Å². The number of halogens is 2. The lowest BCUT2D eigenvalue weighted by Crippen LogP contribution is -2.28. The van der Waals surface area contributed by atoms with E-state index in [1.807, 2.05) is 0 Å². The van der Waals surface area contributed by atoms with Crippen molar-refractivity contribution in [2.24, 2.45) is 17.8 Å². The van der Waals surface area contributed by atoms with Crippen molar-refractivity contribution in [2.75, 3.05) is 13.2 Å². The molecule has 2 fully saturated rings. The van der Waals surface area contributed by atoms with Gasteiger partial charge in [-0.1, -0.05) is 38.1 Å². The van der Waals surface area contributed by atoms with Gasteiger partial charge in [0.25, 0.3) is 0 Å². The number of ether oxygens (including phenoxy) is 2. The lowest BCUT2D eigenvalue weighted by Gasteiger charge is -2.32. The SMILES string of the molecule is Cc1c(F)cc(C2OCC(CCC3CCC(C[SiH3])CC3)CO2)cc1F. The van der Waals surface area contributed by atoms with Gasteiger partial charge in [0.15, 0.2) is 6.29 Å². The Morgan fingerprint density at radius 2 is 1.44 bits per heavy atom. The van der Waals surface area contributed by atoms with Crippen molar-refractivity contribution < 1.29 is 18.3 Å². The molecule has 0 radical (unpaired) electrons. The van der Waals surface area contributed by atoms with Crippen molar-refractivity contribution in [1.82, 2.24) is 0 Å². The molecule has 1 saturated heterocycles. The Balaban J connectivity index is 1.43. The van der Waals surface area contributed by atoms with E-state index in [1.165, 1.54) is 67.4 Å². The first kappa shape index (κ1) is 19.0. The molecule has 2 nitrogen and oxygen atoms in total. The van der Waals surface area contributed by atoms with E-state index in [0.717, 1.165) is 18.3 Å². The van der Waals surface area contributed by atoms with Crippen molar-refractivity contribution in [3.63, 3.8) is 0 Å². The molecule has 1 saturated carbocycles. The van der Waals surface area contributed by atoms with Gasteiger partial charge in [-0.2, -0.15) is 0 Å². The Hall–Kier alpha value is -0.783. The van der Waals surface area contributed by atoms with Crippen LogP contribution in [0.15, 0.2) is 12.1 Å². The van der Waals surface area contributed by atoms with Gasteiger partial charge in [-0.3, -0.25) is 0 Å². The van der Waals surface area contributed by atoms with Crippen LogP contribution in [0.25, 0.3) is 0 Å². The largest absolute Gasteiger partial charge is 0.348 e. The molecule has 1 aromatic carbocycles. The minimum atomic E-state index is -0.648. The zero-order valence-corrected chi connectivity index (χ0v) is 17.4. The molecule has 0 bridgehead atoms. The van der Waals surface area contributed by atoms with Crippen LogP contribution in [-0.4, -0.2) is 23.5 Å². The van der Waals surface area contributed by atoms with Gasteiger partial charge < -0.3 is 9.47 Å². The summed E-state index contributed by atoms with van der Waals surface area (Å²) in [5.41, 5.74) is 0.470. The zero-order chi connectivity index (χ0) is 17.8. The lowest BCUT2D eigenvalue weighted by atomic mass is 9.80. The third-order valence-electron chi connectivity index (χ3n) is 6.07. The zero-order valence-electron chi connectivity index (χ0n) is 15.4. The predicted molar refractivity (Wildman–Crippen MR) is 98.7 cm³/mol. The highest BCUT2D eigenvalue weighted by Crippen LogP contribution is 2.35. The second kappa shape index (κ2) is 8.74. The van der Waals surface area contributed by atoms with Crippen LogP contribution in [0.5, 0.6) is 0 Å². The number of hydrogen-bond donors (Lipinski definition) is 0. The first-order chi connectivity index (χ1) is 12.1. The second-order valence-corrected chi connectivity index (χ2v) is 8.66. The molecule has 0 spiro atoms. The van der Waals surface area contributed by atoms with Gasteiger partial charge in [0, 0.05) is 27.3 Å². The Bertz CT molecular complexity index is 542. The van der Waals surface area contributed by atoms with Gasteiger partial charge in [0.05, 0.1) is 13.2 Å². The number of hydrogen-bond acceptors (Lipinski definition) is 2. The van der Waals surface area contributed by atoms with Crippen LogP contribution in [-0.2, 0) is 9.47 Å². The molecule has 140 valence electrons. The molecule has 1 aromatic rings. The maximum absolute atomic E-state index is 13.7. The van der Waals surface area contributed by atoms with Gasteiger partial charge >= 0.3 is 0 Å². The van der Waals surface area contributed by atoms with Crippen molar-refractivity contribution in [1.29, 1.82) is 0 Å². The molecule has 1 aliphatic carbocycles. The highest BCUT2D eigenvalue weighted by molar-refractivity contribution is 6.08. The van der Waals surface area contributed by atoms with Gasteiger partial charge in [0.1, 0.15) is 11.6 Å². The Kier molecular flexibility index (Phi) is 6.64. The first-order valence-corrected chi connectivity index (χ1v) is 11.2. The van der Waals surface area contributed by atoms with Crippen molar-refractivity contribution >= 4 is 10.2 Å². The molecule has 0 unspecified atom stereocenters. The van der Waals surface area contributed by atoms with Crippen LogP contribution in [0.3, 0.4) is 0 Å². The summed E-state index contributed by atoms with van der Waals surface area (Å²) in [6.45, 7) is 2.65. The fourth-order valence-corrected chi connectivity index (χ4v) is 4.92. The van der Waals surface area contributed by atoms with E-state index in [4.69, 9.17) is 9.47 Å². The summed E-state index contributed by atoms with van der Waals surface area (Å²) in [6.07, 6.45) is 7.32. The fraction of sp³-hybridized carbons (Fsp3) is 0.700. The summed E-state index contributed by atoms with van der Waals surface area (Å²) in [4.78, 5) is 0. The van der Waals surface area contributed by atoms with Crippen LogP contribution in [0.1, 0.15) is 55.9 Å². The topological polar surface area (TPSA) is 18.5 Å². The summed E-state index contributed by atoms with van der Waals surface area (Å²) >= 11 is 0. The second-order valence-electron chi connectivity index (χ2n) is 7.85. The maximum atomic E-state index is 13.7. The summed E-state index contributed by atoms with van der Waals surface area (Å²) < 4.78 is 38.9. The standard InChI is InChI=1S/C20H30F2O2Si/c1-13-18(21)8-17(9-19(13)22)20-23-10-16(11-24-20)7-4-14-2-5-15(12-25)6-3-14/h8-9,14-16,20H,2-7,10-12H2,1,25H3. The normalized spacial score (nSPS) is 30.5. The molecule has 3 rings (SSSR count). The maximum Gasteiger partial charge on any atom is 0.184 e. The molecule has 25 heavy (non-hydrogen) atoms. The predicted octanol–water partition coefficient (Wildman–Crippen LogP) is 4.31. The fourth-order valence-electron chi connectivity index (χ4n) is 4.10. The Morgan fingerprint density at radius 3 is 2.00 bits per heavy atom. The smallest absolute Gasteiger partial charge is 0.184 e. The van der Waals surface area contributed by atoms with Crippen LogP contribution in [0, 0.1) is 36.3 Å². The van der Waals surface area contributed by atoms with Crippen molar-refractivity contribution in [2.45, 2.75) is 57.8 Å². The average Bonchev–Trinajstić information content (AvgIpc) is 2.65. The van der Waals surface area contributed by atoms with E-state index in [9.17, 15) is 8.78 Å². The molecule has 5 heteroatoms. The summed E-state index contributed by atoms with van der Waals surface area (Å²) in [5.74, 6) is 1.17. The van der Waals surface area contributed by atoms with Gasteiger partial charge in [0.2, 0.25) is 0 Å². The molecule has 1 aliphatic heterocycles. The Labute approximate surface area is 152 Å². The van der Waals surface area contributed by atoms with Crippen LogP contribution in [0.2, 0.25) is 6.04 Å². The highest BCUT2D eigenvalue weighted by Gasteiger charge is 2.26. The van der Waals surface area contributed by atoms with Crippen LogP contribution >= 0.6 is 0 Å². The van der Waals surface area contributed by atoms with Crippen LogP contribution in [0.4, 0.5) is 8.78 Å². The van der Waals surface area contributed by atoms with E-state index in [2.05, 4.69) is 0 Å². The molecule has 0 atom stereocenters. The molecular formula is C20H30F2O2Si. The molecule has 0 aromatic heterocycles. The van der Waals surface area contributed by atoms with E-state index in [1.54, 1.807) is 0 Å². The van der Waals surface area contributed by atoms with Gasteiger partial charge in [-0.05, 0) is 37.3 Å². The van der Waals surface area contributed by atoms with Gasteiger partial charge in [-0.25, -0.2) is 8.78 Å². The van der Waals surface area contributed by atoms with Gasteiger partial charge in [-0.15, -0.1) is 0 Å². The minimum Gasteiger partial charge on any atom is -0.348 e. The monoisotopic (exact) mass is 368 g/mol. The first-order valence-electron chi connectivity index (χ1n) is 9.75. The Morgan fingerprint density at radius 1 is 0.920 bits per heavy atom. The quantitative estimate of drug-likeness (QED) is 0.721. The van der Waals surface area contributed by atoms with Crippen LogP contribution < -0.4 is 0 Å². The molecule has 0 N–H and O–H groups in total.